The second kappa shape index (κ2) is 30.2. The molecule has 1 amide bonds. The number of carbonyl (C=O) groups is 6. The van der Waals surface area contributed by atoms with Crippen molar-refractivity contribution in [3.8, 4) is 28.7 Å². The molecule has 7 rings (SSSR count). The van der Waals surface area contributed by atoms with Crippen LogP contribution in [0.4, 0.5) is 10.5 Å². The number of nitrogens with zero attached hydrogens (tertiary/aromatic N) is 1. The Labute approximate surface area is 464 Å². The number of hydrogen-bond donors (Lipinski definition) is 2. The quantitative estimate of drug-likeness (QED) is 0.0342. The van der Waals surface area contributed by atoms with Crippen molar-refractivity contribution < 1.29 is 67.0 Å². The number of thiophene rings is 2. The number of rotatable bonds is 14. The fraction of sp³-hybridized carbons (Fsp3) is 0.196. The first kappa shape index (κ1) is 60.4. The minimum atomic E-state index is -1.01. The van der Waals surface area contributed by atoms with Crippen molar-refractivity contribution in [2.75, 3.05) is 26.6 Å². The van der Waals surface area contributed by atoms with Crippen molar-refractivity contribution in [1.29, 1.82) is 0 Å². The molecule has 0 fully saturated rings. The van der Waals surface area contributed by atoms with Crippen LogP contribution in [0.1, 0.15) is 80.0 Å². The fourth-order valence-corrected chi connectivity index (χ4v) is 6.92. The predicted molar refractivity (Wildman–Crippen MR) is 304 cm³/mol. The summed E-state index contributed by atoms with van der Waals surface area (Å²) in [4.78, 5) is 75.2. The number of carbonyl (C=O) groups excluding carboxylic acids is 5. The Morgan fingerprint density at radius 2 is 1.28 bits per heavy atom. The van der Waals surface area contributed by atoms with Gasteiger partial charge in [0.2, 0.25) is 5.90 Å². The summed E-state index contributed by atoms with van der Waals surface area (Å²) in [5, 5.41) is 14.7. The molecule has 2 N–H and O–H groups in total. The number of ketones is 1. The van der Waals surface area contributed by atoms with Gasteiger partial charge in [0.1, 0.15) is 21.1 Å². The Bertz CT molecular complexity index is 2830. The molecule has 380 valence electrons. The van der Waals surface area contributed by atoms with Crippen LogP contribution in [0.25, 0.3) is 6.08 Å². The van der Waals surface area contributed by atoms with E-state index >= 15 is 0 Å². The zero-order valence-electron chi connectivity index (χ0n) is 39.7. The van der Waals surface area contributed by atoms with Crippen molar-refractivity contribution in [2.24, 2.45) is 4.99 Å². The maximum Gasteiger partial charge on any atom is 0.412 e. The number of hydrogen-bond acceptors (Lipinski definition) is 16. The number of aliphatic imine (C=N–C) groups is 1. The molecule has 72 heavy (non-hydrogen) atoms. The van der Waals surface area contributed by atoms with Crippen LogP contribution in [-0.4, -0.2) is 73.7 Å². The Hall–Kier alpha value is -5.90. The van der Waals surface area contributed by atoms with Gasteiger partial charge in [-0.1, -0.05) is 35.9 Å². The summed E-state index contributed by atoms with van der Waals surface area (Å²) in [6.07, 6.45) is 0.773. The number of carboxylic acids is 1. The van der Waals surface area contributed by atoms with E-state index in [0.717, 1.165) is 11.1 Å². The molecule has 0 saturated heterocycles. The summed E-state index contributed by atoms with van der Waals surface area (Å²) >= 11 is 6.87. The van der Waals surface area contributed by atoms with E-state index in [1.807, 2.05) is 36.6 Å². The number of anilines is 1. The third kappa shape index (κ3) is 19.6. The highest BCUT2D eigenvalue weighted by atomic mass is 128. The normalized spacial score (nSPS) is 11.7. The van der Waals surface area contributed by atoms with Crippen molar-refractivity contribution >= 4 is 137 Å². The van der Waals surface area contributed by atoms with Gasteiger partial charge in [-0.25, -0.2) is 24.2 Å². The van der Waals surface area contributed by atoms with Crippen LogP contribution in [-0.2, 0) is 19.1 Å². The summed E-state index contributed by atoms with van der Waals surface area (Å²) in [5.74, 6) is -0.252. The molecule has 0 saturated carbocycles. The average molecular weight is 1360 g/mol. The number of amides is 1. The molecule has 0 unspecified atom stereocenters. The average Bonchev–Trinajstić information content (AvgIpc) is 4.17. The van der Waals surface area contributed by atoms with Crippen molar-refractivity contribution in [3.05, 3.63) is 158 Å². The van der Waals surface area contributed by atoms with Gasteiger partial charge in [-0.2, -0.15) is 0 Å². The molecule has 3 heterocycles. The smallest absolute Gasteiger partial charge is 0.412 e. The Balaban J connectivity index is 0.000000289. The summed E-state index contributed by atoms with van der Waals surface area (Å²) < 4.78 is 36.6. The number of carboxylic acid groups (broad SMARTS) is 1. The van der Waals surface area contributed by atoms with Gasteiger partial charge in [0, 0.05) is 66.5 Å². The Morgan fingerprint density at radius 3 is 1.78 bits per heavy atom. The van der Waals surface area contributed by atoms with Gasteiger partial charge in [-0.05, 0) is 123 Å². The second-order valence-electron chi connectivity index (χ2n) is 15.4. The molecule has 1 aliphatic rings. The number of aryl methyl sites for hydroxylation is 1. The summed E-state index contributed by atoms with van der Waals surface area (Å²) in [6, 6.07) is 30.7. The third-order valence-corrected chi connectivity index (χ3v) is 10.7. The van der Waals surface area contributed by atoms with Crippen LogP contribution in [0, 0.1) is 6.92 Å². The fourth-order valence-electron chi connectivity index (χ4n) is 5.72. The molecule has 0 radical (unpaired) electrons. The van der Waals surface area contributed by atoms with Crippen molar-refractivity contribution in [2.45, 2.75) is 46.1 Å². The molecule has 4 aromatic carbocycles. The maximum absolute atomic E-state index is 12.2. The first-order valence-electron chi connectivity index (χ1n) is 21.0. The monoisotopic (exact) mass is 1360 g/mol. The molecule has 0 spiro atoms. The van der Waals surface area contributed by atoms with Gasteiger partial charge < -0.3 is 38.3 Å². The summed E-state index contributed by atoms with van der Waals surface area (Å²) in [6.45, 7) is 7.26. The molecule has 6 aromatic rings. The SMILES string of the molecule is CC(C)(C)OC(=O)Nc1ccc(C(=O)CCC(=O)O)cc1.COc1cc(/C=C2/N=C(c3ccc(C)cc3)OC2=O)ccc1OC(=O)c1cccs1.COc1ccc(OC(=O)c2cccs2)c(OC)c1.I.II. The number of aliphatic carboxylic acids is 1. The molecule has 0 bridgehead atoms. The maximum atomic E-state index is 12.2. The van der Waals surface area contributed by atoms with E-state index < -0.39 is 35.6 Å². The molecular weight excluding hydrogens is 1310 g/mol. The van der Waals surface area contributed by atoms with Crippen LogP contribution in [0.5, 0.6) is 28.7 Å². The van der Waals surface area contributed by atoms with Gasteiger partial charge in [-0.3, -0.25) is 14.9 Å². The van der Waals surface area contributed by atoms with Gasteiger partial charge in [0.15, 0.2) is 34.5 Å². The molecule has 2 aromatic heterocycles. The van der Waals surface area contributed by atoms with Crippen LogP contribution in [0.15, 0.2) is 131 Å². The highest BCUT2D eigenvalue weighted by molar-refractivity contribution is 15.0. The Kier molecular flexibility index (Phi) is 25.3. The van der Waals surface area contributed by atoms with Crippen LogP contribution < -0.4 is 29.0 Å². The van der Waals surface area contributed by atoms with Gasteiger partial charge in [0.05, 0.1) is 27.8 Å². The zero-order chi connectivity index (χ0) is 52.1. The number of cyclic esters (lactones) is 1. The van der Waals surface area contributed by atoms with E-state index in [-0.39, 0.29) is 59.9 Å². The number of nitrogens with one attached hydrogen (secondary N) is 1. The minimum absolute atomic E-state index is 0. The molecular formula is C51H49I3N2O14S2. The lowest BCUT2D eigenvalue weighted by Crippen LogP contribution is -2.27. The standard InChI is InChI=1S/C23H17NO5S.C15H19NO5.C13H12O4S.I2.HI/c1-14-5-8-16(9-6-14)21-24-17(22(25)29-21)12-15-7-10-18(19(13-15)27-2)28-23(26)20-4-3-11-30-20;1-15(2,3)21-14(20)16-11-6-4-10(5-7-11)12(17)8-9-13(18)19;1-15-9-5-6-10(11(8-9)16-2)17-13(14)12-4-3-7-18-12;1-2;/h3-13H,1-2H3;4-7H,8-9H2,1-3H3,(H,16,20)(H,18,19);3-8H,1-2H3;;1H/b17-12+;;;;. The number of ether oxygens (including phenoxy) is 7. The third-order valence-electron chi connectivity index (χ3n) is 9.05. The van der Waals surface area contributed by atoms with Gasteiger partial charge >= 0.3 is 30.0 Å². The molecule has 1 aliphatic heterocycles. The van der Waals surface area contributed by atoms with E-state index in [2.05, 4.69) is 47.5 Å². The molecule has 0 atom stereocenters. The summed E-state index contributed by atoms with van der Waals surface area (Å²) in [5.41, 5.74) is 2.98. The summed E-state index contributed by atoms with van der Waals surface area (Å²) in [7, 11) is 4.55. The second-order valence-corrected chi connectivity index (χ2v) is 17.3. The van der Waals surface area contributed by atoms with E-state index in [9.17, 15) is 28.8 Å². The van der Waals surface area contributed by atoms with Gasteiger partial charge in [0.25, 0.3) is 0 Å². The lowest BCUT2D eigenvalue weighted by atomic mass is 10.1. The van der Waals surface area contributed by atoms with Crippen LogP contribution >= 0.6 is 83.9 Å². The van der Waals surface area contributed by atoms with E-state index in [1.54, 1.807) is 112 Å². The van der Waals surface area contributed by atoms with E-state index in [0.29, 0.717) is 49.6 Å². The van der Waals surface area contributed by atoms with E-state index in [4.69, 9.17) is 38.3 Å². The molecule has 0 aliphatic carbocycles. The lowest BCUT2D eigenvalue weighted by molar-refractivity contribution is -0.137. The number of benzene rings is 4. The highest BCUT2D eigenvalue weighted by Gasteiger charge is 2.25. The topological polar surface area (TPSA) is 212 Å². The predicted octanol–water partition coefficient (Wildman–Crippen LogP) is 13.1. The van der Waals surface area contributed by atoms with Gasteiger partial charge in [-0.15, -0.1) is 46.7 Å². The number of methoxy groups -OCH3 is 3. The number of Topliss-reactive ketones (excluding diaryl/α,β-unsaturated/α-hetero) is 1. The minimum Gasteiger partial charge on any atom is -0.497 e. The molecule has 21 heteroatoms. The number of halogens is 3. The molecule has 16 nitrogen and oxygen atoms in total. The van der Waals surface area contributed by atoms with Crippen molar-refractivity contribution in [1.82, 2.24) is 0 Å². The first-order chi connectivity index (χ1) is 33.9. The lowest BCUT2D eigenvalue weighted by Gasteiger charge is -2.19. The van der Waals surface area contributed by atoms with Crippen LogP contribution in [0.2, 0.25) is 0 Å². The largest absolute Gasteiger partial charge is 0.497 e. The zero-order valence-corrected chi connectivity index (χ0v) is 48.0. The number of esters is 3. The first-order valence-corrected chi connectivity index (χ1v) is 29.0. The van der Waals surface area contributed by atoms with Crippen LogP contribution in [0.3, 0.4) is 0 Å². The van der Waals surface area contributed by atoms with E-state index in [1.165, 1.54) is 49.0 Å². The Morgan fingerprint density at radius 1 is 0.722 bits per heavy atom. The van der Waals surface area contributed by atoms with Crippen molar-refractivity contribution in [3.63, 3.8) is 0 Å². The highest BCUT2D eigenvalue weighted by Crippen LogP contribution is 2.33.